The van der Waals surface area contributed by atoms with Gasteiger partial charge in [0.25, 0.3) is 0 Å². The molecule has 0 atom stereocenters. The summed E-state index contributed by atoms with van der Waals surface area (Å²) in [5.74, 6) is 1.63. The van der Waals surface area contributed by atoms with Crippen LogP contribution < -0.4 is 9.47 Å². The second kappa shape index (κ2) is 9.11. The third-order valence-electron chi connectivity index (χ3n) is 5.37. The summed E-state index contributed by atoms with van der Waals surface area (Å²) in [5, 5.41) is 0. The molecule has 0 saturated heterocycles. The monoisotopic (exact) mass is 382 g/mol. The molecule has 2 aromatic rings. The lowest BCUT2D eigenvalue weighted by Gasteiger charge is -2.33. The van der Waals surface area contributed by atoms with Crippen LogP contribution in [0.1, 0.15) is 30.5 Å². The molecule has 0 aliphatic carbocycles. The molecule has 1 amide bonds. The number of hydrogen-bond acceptors (Lipinski definition) is 4. The number of benzene rings is 2. The summed E-state index contributed by atoms with van der Waals surface area (Å²) in [4.78, 5) is 17.2. The average molecular weight is 383 g/mol. The van der Waals surface area contributed by atoms with E-state index in [0.717, 1.165) is 30.8 Å². The van der Waals surface area contributed by atoms with E-state index in [9.17, 15) is 4.79 Å². The predicted octanol–water partition coefficient (Wildman–Crippen LogP) is 3.50. The second-order valence-electron chi connectivity index (χ2n) is 7.53. The molecule has 0 N–H and O–H groups in total. The van der Waals surface area contributed by atoms with Gasteiger partial charge in [-0.15, -0.1) is 0 Å². The van der Waals surface area contributed by atoms with Crippen molar-refractivity contribution in [2.75, 3.05) is 27.3 Å². The van der Waals surface area contributed by atoms with Gasteiger partial charge < -0.3 is 14.4 Å². The molecule has 0 saturated carbocycles. The van der Waals surface area contributed by atoms with E-state index in [4.69, 9.17) is 9.47 Å². The van der Waals surface area contributed by atoms with Gasteiger partial charge in [0.15, 0.2) is 11.5 Å². The molecule has 3 rings (SSSR count). The minimum Gasteiger partial charge on any atom is -0.493 e. The molecule has 0 fully saturated rings. The number of carbonyl (C=O) groups excluding carboxylic acids is 1. The van der Waals surface area contributed by atoms with Gasteiger partial charge in [-0.2, -0.15) is 0 Å². The first-order valence-corrected chi connectivity index (χ1v) is 9.81. The molecule has 0 spiro atoms. The van der Waals surface area contributed by atoms with Crippen molar-refractivity contribution < 1.29 is 14.3 Å². The van der Waals surface area contributed by atoms with E-state index in [1.54, 1.807) is 14.2 Å². The summed E-state index contributed by atoms with van der Waals surface area (Å²) in [6, 6.07) is 14.6. The molecule has 2 aromatic carbocycles. The predicted molar refractivity (Wildman–Crippen MR) is 111 cm³/mol. The van der Waals surface area contributed by atoms with Crippen molar-refractivity contribution in [3.8, 4) is 11.5 Å². The van der Waals surface area contributed by atoms with Crippen molar-refractivity contribution in [1.82, 2.24) is 9.80 Å². The van der Waals surface area contributed by atoms with Gasteiger partial charge >= 0.3 is 0 Å². The topological polar surface area (TPSA) is 42.0 Å². The number of hydrogen-bond donors (Lipinski definition) is 0. The molecule has 1 aliphatic heterocycles. The largest absolute Gasteiger partial charge is 0.493 e. The van der Waals surface area contributed by atoms with E-state index >= 15 is 0 Å². The van der Waals surface area contributed by atoms with E-state index in [2.05, 4.69) is 30.9 Å². The van der Waals surface area contributed by atoms with Crippen LogP contribution in [0.4, 0.5) is 0 Å². The van der Waals surface area contributed by atoms with Crippen LogP contribution in [0.2, 0.25) is 0 Å². The summed E-state index contributed by atoms with van der Waals surface area (Å²) in [6.45, 7) is 6.83. The number of fused-ring (bicyclic) bond motifs is 1. The van der Waals surface area contributed by atoms with Crippen LogP contribution in [-0.2, 0) is 24.3 Å². The Kier molecular flexibility index (Phi) is 6.57. The van der Waals surface area contributed by atoms with Crippen molar-refractivity contribution in [3.05, 3.63) is 59.2 Å². The first-order valence-electron chi connectivity index (χ1n) is 9.81. The minimum absolute atomic E-state index is 0.171. The van der Waals surface area contributed by atoms with Crippen LogP contribution in [0.3, 0.4) is 0 Å². The third-order valence-corrected chi connectivity index (χ3v) is 5.37. The highest BCUT2D eigenvalue weighted by Crippen LogP contribution is 2.33. The van der Waals surface area contributed by atoms with E-state index in [1.807, 2.05) is 35.2 Å². The lowest BCUT2D eigenvalue weighted by atomic mass is 9.98. The molecule has 1 heterocycles. The highest BCUT2D eigenvalue weighted by atomic mass is 16.5. The molecule has 28 heavy (non-hydrogen) atoms. The lowest BCUT2D eigenvalue weighted by molar-refractivity contribution is -0.134. The minimum atomic E-state index is 0.171. The standard InChI is InChI=1S/C23H30N2O3/c1-17(2)25(14-18-8-6-5-7-9-18)16-23(26)24-11-10-19-12-21(27-3)22(28-4)13-20(19)15-24/h5-9,12-13,17H,10-11,14-16H2,1-4H3. The van der Waals surface area contributed by atoms with Crippen LogP contribution in [-0.4, -0.2) is 49.1 Å². The smallest absolute Gasteiger partial charge is 0.237 e. The number of rotatable bonds is 7. The number of carbonyl (C=O) groups is 1. The van der Waals surface area contributed by atoms with Gasteiger partial charge in [-0.3, -0.25) is 9.69 Å². The fraction of sp³-hybridized carbons (Fsp3) is 0.435. The molecule has 0 aromatic heterocycles. The van der Waals surface area contributed by atoms with Gasteiger partial charge in [-0.1, -0.05) is 30.3 Å². The molecule has 150 valence electrons. The fourth-order valence-corrected chi connectivity index (χ4v) is 3.61. The Morgan fingerprint density at radius 1 is 1.07 bits per heavy atom. The Morgan fingerprint density at radius 2 is 1.71 bits per heavy atom. The molecule has 0 radical (unpaired) electrons. The summed E-state index contributed by atoms with van der Waals surface area (Å²) in [5.41, 5.74) is 3.59. The Labute approximate surface area is 167 Å². The molecule has 5 nitrogen and oxygen atoms in total. The normalized spacial score (nSPS) is 13.6. The van der Waals surface area contributed by atoms with Crippen molar-refractivity contribution in [2.24, 2.45) is 0 Å². The van der Waals surface area contributed by atoms with Gasteiger partial charge in [0, 0.05) is 25.7 Å². The van der Waals surface area contributed by atoms with E-state index in [0.29, 0.717) is 24.9 Å². The van der Waals surface area contributed by atoms with Crippen molar-refractivity contribution in [2.45, 2.75) is 39.4 Å². The Bertz CT molecular complexity index is 805. The molecule has 0 bridgehead atoms. The zero-order valence-electron chi connectivity index (χ0n) is 17.3. The van der Waals surface area contributed by atoms with Crippen LogP contribution in [0.25, 0.3) is 0 Å². The summed E-state index contributed by atoms with van der Waals surface area (Å²) in [6.07, 6.45) is 0.835. The maximum Gasteiger partial charge on any atom is 0.237 e. The maximum atomic E-state index is 13.0. The maximum absolute atomic E-state index is 13.0. The van der Waals surface area contributed by atoms with E-state index in [-0.39, 0.29) is 5.91 Å². The van der Waals surface area contributed by atoms with Gasteiger partial charge in [-0.05, 0) is 49.1 Å². The SMILES string of the molecule is COc1cc2c(cc1OC)CN(C(=O)CN(Cc1ccccc1)C(C)C)CC2. The summed E-state index contributed by atoms with van der Waals surface area (Å²) < 4.78 is 10.8. The highest BCUT2D eigenvalue weighted by molar-refractivity contribution is 5.78. The zero-order chi connectivity index (χ0) is 20.1. The lowest BCUT2D eigenvalue weighted by Crippen LogP contribution is -2.44. The number of methoxy groups -OCH3 is 2. The van der Waals surface area contributed by atoms with E-state index < -0.39 is 0 Å². The average Bonchev–Trinajstić information content (AvgIpc) is 2.72. The van der Waals surface area contributed by atoms with Crippen LogP contribution >= 0.6 is 0 Å². The molecular formula is C23H30N2O3. The fourth-order valence-electron chi connectivity index (χ4n) is 3.61. The van der Waals surface area contributed by atoms with Crippen LogP contribution in [0.15, 0.2) is 42.5 Å². The Hall–Kier alpha value is -2.53. The number of amides is 1. The van der Waals surface area contributed by atoms with Gasteiger partial charge in [0.05, 0.1) is 20.8 Å². The quantitative estimate of drug-likeness (QED) is 0.735. The molecule has 0 unspecified atom stereocenters. The Balaban J connectivity index is 1.69. The zero-order valence-corrected chi connectivity index (χ0v) is 17.3. The summed E-state index contributed by atoms with van der Waals surface area (Å²) in [7, 11) is 3.29. The second-order valence-corrected chi connectivity index (χ2v) is 7.53. The summed E-state index contributed by atoms with van der Waals surface area (Å²) >= 11 is 0. The van der Waals surface area contributed by atoms with Crippen LogP contribution in [0.5, 0.6) is 11.5 Å². The van der Waals surface area contributed by atoms with E-state index in [1.165, 1.54) is 11.1 Å². The molecular weight excluding hydrogens is 352 g/mol. The van der Waals surface area contributed by atoms with Crippen LogP contribution in [0, 0.1) is 0 Å². The van der Waals surface area contributed by atoms with Crippen molar-refractivity contribution in [1.29, 1.82) is 0 Å². The molecule has 1 aliphatic rings. The third kappa shape index (κ3) is 4.65. The molecule has 5 heteroatoms. The van der Waals surface area contributed by atoms with Gasteiger partial charge in [-0.25, -0.2) is 0 Å². The van der Waals surface area contributed by atoms with Gasteiger partial charge in [0.1, 0.15) is 0 Å². The first kappa shape index (κ1) is 20.2. The van der Waals surface area contributed by atoms with Crippen molar-refractivity contribution in [3.63, 3.8) is 0 Å². The Morgan fingerprint density at radius 3 is 2.32 bits per heavy atom. The van der Waals surface area contributed by atoms with Crippen molar-refractivity contribution >= 4 is 5.91 Å². The highest BCUT2D eigenvalue weighted by Gasteiger charge is 2.25. The number of ether oxygens (including phenoxy) is 2. The number of nitrogens with zero attached hydrogens (tertiary/aromatic N) is 2. The van der Waals surface area contributed by atoms with Gasteiger partial charge in [0.2, 0.25) is 5.91 Å². The first-order chi connectivity index (χ1) is 13.5.